The van der Waals surface area contributed by atoms with Crippen LogP contribution in [-0.4, -0.2) is 60.4 Å². The van der Waals surface area contributed by atoms with Crippen molar-refractivity contribution in [3.63, 3.8) is 0 Å². The van der Waals surface area contributed by atoms with Crippen molar-refractivity contribution in [3.05, 3.63) is 95.1 Å². The molecular weight excluding hydrogens is 670 g/mol. The van der Waals surface area contributed by atoms with Crippen LogP contribution in [0.25, 0.3) is 0 Å². The van der Waals surface area contributed by atoms with Gasteiger partial charge in [0.25, 0.3) is 5.91 Å². The summed E-state index contributed by atoms with van der Waals surface area (Å²) in [5, 5.41) is 11.5. The summed E-state index contributed by atoms with van der Waals surface area (Å²) in [6.45, 7) is 14.1. The molecule has 12 nitrogen and oxygen atoms in total. The maximum absolute atomic E-state index is 13.5. The quantitative estimate of drug-likeness (QED) is 0.107. The fourth-order valence-corrected chi connectivity index (χ4v) is 5.61. The summed E-state index contributed by atoms with van der Waals surface area (Å²) in [6, 6.07) is 17.4. The normalized spacial score (nSPS) is 11.7. The summed E-state index contributed by atoms with van der Waals surface area (Å²) in [5.74, 6) is 0.0538. The lowest BCUT2D eigenvalue weighted by atomic mass is 10.1. The lowest BCUT2D eigenvalue weighted by Gasteiger charge is -2.27. The van der Waals surface area contributed by atoms with E-state index in [2.05, 4.69) is 22.6 Å². The smallest absolute Gasteiger partial charge is 0.421 e. The van der Waals surface area contributed by atoms with E-state index in [1.807, 2.05) is 60.8 Å². The number of amides is 2. The summed E-state index contributed by atoms with van der Waals surface area (Å²) < 4.78 is 14.5. The molecule has 53 heavy (non-hydrogen) atoms. The number of imidazole rings is 1. The molecule has 4 rings (SSSR count). The molecule has 2 heterocycles. The van der Waals surface area contributed by atoms with Gasteiger partial charge in [0.05, 0.1) is 24.5 Å². The number of hydrogen-bond acceptors (Lipinski definition) is 8. The Hall–Kier alpha value is -5.00. The number of nitrogens with zero attached hydrogens (tertiary/aromatic N) is 6. The van der Waals surface area contributed by atoms with Crippen LogP contribution in [0.5, 0.6) is 0 Å². The van der Waals surface area contributed by atoms with E-state index in [-0.39, 0.29) is 18.4 Å². The Labute approximate surface area is 314 Å². The van der Waals surface area contributed by atoms with Crippen LogP contribution in [0.1, 0.15) is 120 Å². The third-order valence-corrected chi connectivity index (χ3v) is 8.23. The van der Waals surface area contributed by atoms with Crippen molar-refractivity contribution >= 4 is 24.0 Å². The SMILES string of the molecule is CCCCCc1ccc(C(=O)NCCn2cc(CCCCCc3cn(C(=O)OC(C)(C)C)c(N(Cc4ccccc4)C(=O)OC(C)(C)C)n3)nn2)cc1. The fraction of sp³-hybridized carbons (Fsp3) is 0.512. The third kappa shape index (κ3) is 13.8. The van der Waals surface area contributed by atoms with Crippen molar-refractivity contribution in [2.75, 3.05) is 11.4 Å². The maximum atomic E-state index is 13.5. The second-order valence-electron chi connectivity index (χ2n) is 15.4. The zero-order valence-corrected chi connectivity index (χ0v) is 32.6. The van der Waals surface area contributed by atoms with Gasteiger partial charge in [-0.1, -0.05) is 73.9 Å². The van der Waals surface area contributed by atoms with Gasteiger partial charge in [0, 0.05) is 24.5 Å². The number of benzene rings is 2. The summed E-state index contributed by atoms with van der Waals surface area (Å²) >= 11 is 0. The molecule has 0 spiro atoms. The predicted molar refractivity (Wildman–Crippen MR) is 206 cm³/mol. The average molecular weight is 728 g/mol. The molecule has 0 saturated heterocycles. The highest BCUT2D eigenvalue weighted by molar-refractivity contribution is 5.94. The largest absolute Gasteiger partial charge is 0.443 e. The van der Waals surface area contributed by atoms with Gasteiger partial charge >= 0.3 is 12.2 Å². The first kappa shape index (κ1) is 40.8. The van der Waals surface area contributed by atoms with Crippen LogP contribution in [0.4, 0.5) is 15.5 Å². The predicted octanol–water partition coefficient (Wildman–Crippen LogP) is 8.32. The average Bonchev–Trinajstić information content (AvgIpc) is 3.73. The molecule has 0 aliphatic heterocycles. The molecule has 0 aliphatic carbocycles. The van der Waals surface area contributed by atoms with E-state index in [4.69, 9.17) is 14.5 Å². The van der Waals surface area contributed by atoms with Gasteiger partial charge in [-0.25, -0.2) is 24.0 Å². The molecule has 0 unspecified atom stereocenters. The minimum absolute atomic E-state index is 0.0952. The zero-order chi connectivity index (χ0) is 38.4. The summed E-state index contributed by atoms with van der Waals surface area (Å²) in [6.07, 6.45) is 10.9. The molecule has 0 bridgehead atoms. The van der Waals surface area contributed by atoms with Crippen molar-refractivity contribution in [1.82, 2.24) is 29.9 Å². The van der Waals surface area contributed by atoms with Crippen LogP contribution in [0.2, 0.25) is 0 Å². The van der Waals surface area contributed by atoms with E-state index < -0.39 is 23.4 Å². The molecule has 0 saturated carbocycles. The molecule has 0 aliphatic rings. The number of unbranched alkanes of at least 4 members (excludes halogenated alkanes) is 4. The molecule has 1 N–H and O–H groups in total. The van der Waals surface area contributed by atoms with Gasteiger partial charge in [0.2, 0.25) is 5.95 Å². The fourth-order valence-electron chi connectivity index (χ4n) is 5.61. The molecule has 4 aromatic rings. The van der Waals surface area contributed by atoms with Crippen LogP contribution in [0.3, 0.4) is 0 Å². The number of anilines is 1. The molecule has 2 amide bonds. The number of ether oxygens (including phenoxy) is 2. The van der Waals surface area contributed by atoms with Crippen molar-refractivity contribution in [3.8, 4) is 0 Å². The van der Waals surface area contributed by atoms with Crippen LogP contribution < -0.4 is 10.2 Å². The van der Waals surface area contributed by atoms with E-state index >= 15 is 0 Å². The highest BCUT2D eigenvalue weighted by Crippen LogP contribution is 2.24. The van der Waals surface area contributed by atoms with Gasteiger partial charge in [-0.3, -0.25) is 9.48 Å². The van der Waals surface area contributed by atoms with Crippen LogP contribution in [0.15, 0.2) is 67.0 Å². The molecule has 286 valence electrons. The van der Waals surface area contributed by atoms with Gasteiger partial charge in [-0.15, -0.1) is 5.10 Å². The number of aromatic nitrogens is 5. The first-order valence-electron chi connectivity index (χ1n) is 18.8. The second-order valence-corrected chi connectivity index (χ2v) is 15.4. The summed E-state index contributed by atoms with van der Waals surface area (Å²) in [4.78, 5) is 45.7. The first-order chi connectivity index (χ1) is 25.2. The van der Waals surface area contributed by atoms with Crippen molar-refractivity contribution in [2.24, 2.45) is 0 Å². The second kappa shape index (κ2) is 19.2. The van der Waals surface area contributed by atoms with E-state index in [1.54, 1.807) is 52.4 Å². The minimum atomic E-state index is -0.750. The number of hydrogen-bond donors (Lipinski definition) is 1. The number of nitrogens with one attached hydrogen (secondary N) is 1. The molecule has 0 fully saturated rings. The summed E-state index contributed by atoms with van der Waals surface area (Å²) in [7, 11) is 0. The Morgan fingerprint density at radius 1 is 0.755 bits per heavy atom. The lowest BCUT2D eigenvalue weighted by molar-refractivity contribution is 0.0530. The molecule has 0 radical (unpaired) electrons. The molecule has 0 atom stereocenters. The van der Waals surface area contributed by atoms with E-state index in [0.29, 0.717) is 30.8 Å². The summed E-state index contributed by atoms with van der Waals surface area (Å²) in [5.41, 5.74) is 2.84. The minimum Gasteiger partial charge on any atom is -0.443 e. The Morgan fingerprint density at radius 2 is 1.42 bits per heavy atom. The van der Waals surface area contributed by atoms with Gasteiger partial charge in [0.15, 0.2) is 0 Å². The highest BCUT2D eigenvalue weighted by Gasteiger charge is 2.31. The lowest BCUT2D eigenvalue weighted by Crippen LogP contribution is -2.39. The molecule has 2 aromatic heterocycles. The van der Waals surface area contributed by atoms with Crippen molar-refractivity contribution in [1.29, 1.82) is 0 Å². The van der Waals surface area contributed by atoms with Crippen molar-refractivity contribution in [2.45, 2.75) is 131 Å². The van der Waals surface area contributed by atoms with Gasteiger partial charge < -0.3 is 14.8 Å². The van der Waals surface area contributed by atoms with Gasteiger partial charge in [-0.2, -0.15) is 0 Å². The van der Waals surface area contributed by atoms with Crippen LogP contribution >= 0.6 is 0 Å². The van der Waals surface area contributed by atoms with Gasteiger partial charge in [0.1, 0.15) is 11.2 Å². The van der Waals surface area contributed by atoms with E-state index in [0.717, 1.165) is 43.4 Å². The van der Waals surface area contributed by atoms with Gasteiger partial charge in [-0.05, 0) is 103 Å². The number of aryl methyl sites for hydroxylation is 3. The third-order valence-electron chi connectivity index (χ3n) is 8.23. The number of carbonyl (C=O) groups is 3. The Morgan fingerprint density at radius 3 is 2.08 bits per heavy atom. The molecule has 12 heteroatoms. The van der Waals surface area contributed by atoms with Crippen LogP contribution in [0, 0.1) is 0 Å². The topological polar surface area (TPSA) is 133 Å². The zero-order valence-electron chi connectivity index (χ0n) is 32.6. The Balaban J connectivity index is 1.30. The first-order valence-corrected chi connectivity index (χ1v) is 18.8. The molecular formula is C41H57N7O5. The number of rotatable bonds is 17. The Kier molecular flexibility index (Phi) is 14.8. The maximum Gasteiger partial charge on any atom is 0.421 e. The number of carbonyl (C=O) groups excluding carboxylic acids is 3. The van der Waals surface area contributed by atoms with Crippen LogP contribution in [-0.2, 0) is 41.8 Å². The standard InChI is InChI=1S/C41H57N7O5/c1-8-9-12-17-31-22-24-33(25-23-31)36(49)42-26-27-46-29-35(44-45-46)21-16-11-15-20-34-30-48(39(51)53-41(5,6)7)37(43-34)47(38(50)52-40(2,3)4)28-32-18-13-10-14-19-32/h10,13-14,18-19,22-25,29-30H,8-9,11-12,15-17,20-21,26-28H2,1-7H3,(H,42,49). The van der Waals surface area contributed by atoms with E-state index in [9.17, 15) is 14.4 Å². The van der Waals surface area contributed by atoms with Crippen molar-refractivity contribution < 1.29 is 23.9 Å². The monoisotopic (exact) mass is 727 g/mol. The Bertz CT molecular complexity index is 1750. The van der Waals surface area contributed by atoms with E-state index in [1.165, 1.54) is 34.3 Å². The highest BCUT2D eigenvalue weighted by atomic mass is 16.6. The molecule has 2 aromatic carbocycles.